The van der Waals surface area contributed by atoms with Crippen LogP contribution in [0.3, 0.4) is 0 Å². The largest absolute Gasteiger partial charge is 0.490 e. The third kappa shape index (κ3) is 3.90. The number of aromatic nitrogens is 1. The van der Waals surface area contributed by atoms with Crippen LogP contribution in [0, 0.1) is 0 Å². The lowest BCUT2D eigenvalue weighted by Crippen LogP contribution is -2.34. The summed E-state index contributed by atoms with van der Waals surface area (Å²) >= 11 is 0. The van der Waals surface area contributed by atoms with Crippen molar-refractivity contribution >= 4 is 17.8 Å². The van der Waals surface area contributed by atoms with E-state index in [9.17, 15) is 22.8 Å². The molecule has 1 saturated carbocycles. The monoisotopic (exact) mass is 299 g/mol. The van der Waals surface area contributed by atoms with E-state index in [-0.39, 0.29) is 24.2 Å². The number of hydrogen-bond donors (Lipinski definition) is 0. The second-order valence-corrected chi connectivity index (χ2v) is 4.59. The number of Topliss-reactive ketones (excluding diaryl/α,β-unsaturated/α-hetero) is 1. The van der Waals surface area contributed by atoms with Gasteiger partial charge >= 0.3 is 12.1 Å². The van der Waals surface area contributed by atoms with Crippen molar-refractivity contribution in [2.45, 2.75) is 31.5 Å². The molecule has 1 aliphatic carbocycles. The van der Waals surface area contributed by atoms with E-state index in [0.29, 0.717) is 12.0 Å². The molecule has 112 valence electrons. The molecule has 0 bridgehead atoms. The van der Waals surface area contributed by atoms with Gasteiger partial charge in [-0.15, -0.1) is 0 Å². The Kier molecular flexibility index (Phi) is 4.40. The number of hydrogen-bond acceptors (Lipinski definition) is 4. The summed E-state index contributed by atoms with van der Waals surface area (Å²) in [6.45, 7) is 0. The zero-order valence-corrected chi connectivity index (χ0v) is 10.9. The quantitative estimate of drug-likeness (QED) is 0.622. The first-order valence-corrected chi connectivity index (χ1v) is 6.30. The number of esters is 1. The number of ketones is 1. The highest BCUT2D eigenvalue weighted by Gasteiger charge is 2.43. The molecule has 7 heteroatoms. The fraction of sp³-hybridized carbons (Fsp3) is 0.357. The van der Waals surface area contributed by atoms with Gasteiger partial charge in [-0.25, -0.2) is 4.79 Å². The van der Waals surface area contributed by atoms with E-state index in [1.165, 1.54) is 18.5 Å². The van der Waals surface area contributed by atoms with E-state index in [0.717, 1.165) is 0 Å². The first kappa shape index (κ1) is 15.2. The lowest BCUT2D eigenvalue weighted by Gasteiger charge is -2.24. The van der Waals surface area contributed by atoms with E-state index in [2.05, 4.69) is 9.72 Å². The van der Waals surface area contributed by atoms with Gasteiger partial charge in [-0.2, -0.15) is 13.2 Å². The van der Waals surface area contributed by atoms with Gasteiger partial charge < -0.3 is 4.74 Å². The molecule has 1 fully saturated rings. The lowest BCUT2D eigenvalue weighted by molar-refractivity contribution is -0.203. The van der Waals surface area contributed by atoms with Crippen LogP contribution in [0.2, 0.25) is 0 Å². The zero-order chi connectivity index (χ0) is 15.5. The summed E-state index contributed by atoms with van der Waals surface area (Å²) < 4.78 is 41.2. The molecule has 1 unspecified atom stereocenters. The highest BCUT2D eigenvalue weighted by Crippen LogP contribution is 2.28. The van der Waals surface area contributed by atoms with Crippen molar-refractivity contribution in [2.24, 2.45) is 0 Å². The third-order valence-corrected chi connectivity index (χ3v) is 3.05. The molecule has 0 aromatic carbocycles. The van der Waals surface area contributed by atoms with Gasteiger partial charge in [0, 0.05) is 24.4 Å². The highest BCUT2D eigenvalue weighted by molar-refractivity contribution is 6.01. The summed E-state index contributed by atoms with van der Waals surface area (Å²) in [5.41, 5.74) is 0.702. The van der Waals surface area contributed by atoms with Crippen LogP contribution in [-0.2, 0) is 14.3 Å². The molecule has 2 rings (SSSR count). The van der Waals surface area contributed by atoms with Crippen molar-refractivity contribution in [1.82, 2.24) is 4.98 Å². The van der Waals surface area contributed by atoms with Gasteiger partial charge in [0.25, 0.3) is 0 Å². The summed E-state index contributed by atoms with van der Waals surface area (Å²) in [7, 11) is 0. The van der Waals surface area contributed by atoms with Crippen LogP contribution in [0.4, 0.5) is 13.2 Å². The summed E-state index contributed by atoms with van der Waals surface area (Å²) in [5.74, 6) is -2.58. The number of halogens is 3. The Morgan fingerprint density at radius 3 is 2.62 bits per heavy atom. The van der Waals surface area contributed by atoms with Crippen LogP contribution in [0.5, 0.6) is 0 Å². The van der Waals surface area contributed by atoms with Crippen molar-refractivity contribution in [2.75, 3.05) is 0 Å². The highest BCUT2D eigenvalue weighted by atomic mass is 19.4. The maximum Gasteiger partial charge on any atom is 0.490 e. The Morgan fingerprint density at radius 2 is 2.00 bits per heavy atom. The predicted molar refractivity (Wildman–Crippen MR) is 67.0 cm³/mol. The first-order valence-electron chi connectivity index (χ1n) is 6.30. The molecule has 0 aliphatic heterocycles. The molecular weight excluding hydrogens is 287 g/mol. The van der Waals surface area contributed by atoms with Crippen LogP contribution in [-0.4, -0.2) is 29.0 Å². The van der Waals surface area contributed by atoms with E-state index < -0.39 is 18.2 Å². The van der Waals surface area contributed by atoms with E-state index in [1.54, 1.807) is 12.1 Å². The standard InChI is InChI=1S/C14H12F3NO3/c15-14(16,17)13(20)21-12-3-1-2-11(19)10(12)8-9-4-6-18-7-5-9/h4-8,12H,1-3H2/b10-8-. The van der Waals surface area contributed by atoms with Crippen molar-refractivity contribution in [3.8, 4) is 0 Å². The molecular formula is C14H12F3NO3. The molecule has 1 aliphatic rings. The number of pyridine rings is 1. The van der Waals surface area contributed by atoms with Gasteiger partial charge in [0.2, 0.25) is 0 Å². The van der Waals surface area contributed by atoms with Crippen LogP contribution in [0.1, 0.15) is 24.8 Å². The minimum absolute atomic E-state index is 0.0880. The summed E-state index contributed by atoms with van der Waals surface area (Å²) in [4.78, 5) is 26.6. The molecule has 1 heterocycles. The second-order valence-electron chi connectivity index (χ2n) is 4.59. The molecule has 0 radical (unpaired) electrons. The third-order valence-electron chi connectivity index (χ3n) is 3.05. The Labute approximate surface area is 118 Å². The van der Waals surface area contributed by atoms with Crippen LogP contribution in [0.15, 0.2) is 30.1 Å². The van der Waals surface area contributed by atoms with Crippen molar-refractivity contribution < 1.29 is 27.5 Å². The SMILES string of the molecule is O=C1CCCC(OC(=O)C(F)(F)F)/C1=C\c1ccncc1. The minimum atomic E-state index is -5.07. The number of carbonyl (C=O) groups excluding carboxylic acids is 2. The number of alkyl halides is 3. The maximum absolute atomic E-state index is 12.3. The molecule has 21 heavy (non-hydrogen) atoms. The lowest BCUT2D eigenvalue weighted by atomic mass is 9.89. The van der Waals surface area contributed by atoms with Gasteiger partial charge in [0.15, 0.2) is 5.78 Å². The molecule has 4 nitrogen and oxygen atoms in total. The topological polar surface area (TPSA) is 56.3 Å². The average Bonchev–Trinajstić information content (AvgIpc) is 2.42. The van der Waals surface area contributed by atoms with Gasteiger partial charge in [0.1, 0.15) is 6.10 Å². The fourth-order valence-electron chi connectivity index (χ4n) is 2.06. The van der Waals surface area contributed by atoms with Crippen LogP contribution < -0.4 is 0 Å². The molecule has 0 saturated heterocycles. The molecule has 1 aromatic rings. The van der Waals surface area contributed by atoms with Crippen molar-refractivity contribution in [1.29, 1.82) is 0 Å². The van der Waals surface area contributed by atoms with Gasteiger partial charge in [0.05, 0.1) is 0 Å². The maximum atomic E-state index is 12.3. The number of ether oxygens (including phenoxy) is 1. The number of carbonyl (C=O) groups is 2. The fourth-order valence-corrected chi connectivity index (χ4v) is 2.06. The Bertz CT molecular complexity index is 567. The summed E-state index contributed by atoms with van der Waals surface area (Å²) in [6.07, 6.45) is -0.968. The normalized spacial score (nSPS) is 21.4. The molecule has 0 amide bonds. The Hall–Kier alpha value is -2.18. The number of nitrogens with zero attached hydrogens (tertiary/aromatic N) is 1. The molecule has 1 atom stereocenters. The second kappa shape index (κ2) is 6.07. The van der Waals surface area contributed by atoms with E-state index >= 15 is 0 Å². The van der Waals surface area contributed by atoms with Crippen molar-refractivity contribution in [3.05, 3.63) is 35.7 Å². The average molecular weight is 299 g/mol. The molecule has 0 spiro atoms. The Morgan fingerprint density at radius 1 is 1.33 bits per heavy atom. The minimum Gasteiger partial charge on any atom is -0.451 e. The summed E-state index contributed by atoms with van der Waals surface area (Å²) in [5, 5.41) is 0. The Balaban J connectivity index is 2.24. The zero-order valence-electron chi connectivity index (χ0n) is 10.9. The first-order chi connectivity index (χ1) is 9.88. The van der Waals surface area contributed by atoms with E-state index in [1.807, 2.05) is 0 Å². The van der Waals surface area contributed by atoms with Crippen LogP contribution >= 0.6 is 0 Å². The van der Waals surface area contributed by atoms with Gasteiger partial charge in [-0.3, -0.25) is 9.78 Å². The van der Waals surface area contributed by atoms with Gasteiger partial charge in [-0.05, 0) is 36.6 Å². The molecule has 0 N–H and O–H groups in total. The van der Waals surface area contributed by atoms with E-state index in [4.69, 9.17) is 0 Å². The predicted octanol–water partition coefficient (Wildman–Crippen LogP) is 2.69. The summed E-state index contributed by atoms with van der Waals surface area (Å²) in [6, 6.07) is 3.22. The smallest absolute Gasteiger partial charge is 0.451 e. The number of rotatable bonds is 2. The van der Waals surface area contributed by atoms with Gasteiger partial charge in [-0.1, -0.05) is 0 Å². The van der Waals surface area contributed by atoms with Crippen molar-refractivity contribution in [3.63, 3.8) is 0 Å². The van der Waals surface area contributed by atoms with Crippen LogP contribution in [0.25, 0.3) is 6.08 Å². The molecule has 1 aromatic heterocycles.